The first kappa shape index (κ1) is 12.1. The lowest BCUT2D eigenvalue weighted by atomic mass is 10.1. The summed E-state index contributed by atoms with van der Waals surface area (Å²) in [6, 6.07) is 0. The Labute approximate surface area is 94.4 Å². The Kier molecular flexibility index (Phi) is 3.40. The molecule has 0 radical (unpaired) electrons. The summed E-state index contributed by atoms with van der Waals surface area (Å²) in [4.78, 5) is 13.3. The van der Waals surface area contributed by atoms with E-state index in [9.17, 15) is 15.2 Å². The quantitative estimate of drug-likeness (QED) is 0.658. The summed E-state index contributed by atoms with van der Waals surface area (Å²) in [6.45, 7) is 3.68. The van der Waals surface area contributed by atoms with E-state index in [1.165, 1.54) is 4.68 Å². The molecule has 15 heavy (non-hydrogen) atoms. The Bertz CT molecular complexity index is 371. The minimum Gasteiger partial charge on any atom is -0.390 e. The van der Waals surface area contributed by atoms with E-state index in [1.807, 2.05) is 0 Å². The van der Waals surface area contributed by atoms with Crippen LogP contribution < -0.4 is 0 Å². The molecular formula is C7H11BrN4O3. The van der Waals surface area contributed by atoms with Crippen LogP contribution in [0.4, 0.5) is 5.95 Å². The molecule has 1 rings (SSSR count). The summed E-state index contributed by atoms with van der Waals surface area (Å²) >= 11 is 3.06. The molecule has 0 aliphatic rings. The van der Waals surface area contributed by atoms with Crippen LogP contribution in [0.1, 0.15) is 20.3 Å². The van der Waals surface area contributed by atoms with Crippen molar-refractivity contribution in [2.24, 2.45) is 0 Å². The van der Waals surface area contributed by atoms with Crippen LogP contribution >= 0.6 is 15.9 Å². The van der Waals surface area contributed by atoms with E-state index in [4.69, 9.17) is 0 Å². The van der Waals surface area contributed by atoms with Gasteiger partial charge in [0.15, 0.2) is 0 Å². The molecule has 7 nitrogen and oxygen atoms in total. The number of nitrogens with zero attached hydrogens (tertiary/aromatic N) is 4. The van der Waals surface area contributed by atoms with Crippen molar-refractivity contribution in [3.63, 3.8) is 0 Å². The molecule has 0 aromatic carbocycles. The summed E-state index contributed by atoms with van der Waals surface area (Å²) in [5.41, 5.74) is -0.833. The predicted octanol–water partition coefficient (Wildman–Crippen LogP) is 1.11. The molecule has 0 aliphatic heterocycles. The van der Waals surface area contributed by atoms with Gasteiger partial charge in [-0.2, -0.15) is 4.68 Å². The van der Waals surface area contributed by atoms with Crippen LogP contribution in [0, 0.1) is 10.1 Å². The number of aryl methyl sites for hydroxylation is 1. The molecule has 1 N–H and O–H groups in total. The Hall–Kier alpha value is -1.02. The van der Waals surface area contributed by atoms with Gasteiger partial charge in [-0.15, -0.1) is 0 Å². The summed E-state index contributed by atoms with van der Waals surface area (Å²) in [6.07, 6.45) is 0.437. The lowest BCUT2D eigenvalue weighted by Crippen LogP contribution is -2.21. The standard InChI is InChI=1S/C7H11BrN4O3/c1-7(2,13)3-4-11-5(8)9-6(10-11)12(14)15/h13H,3-4H2,1-2H3. The van der Waals surface area contributed by atoms with Gasteiger partial charge in [0.05, 0.1) is 12.1 Å². The fraction of sp³-hybridized carbons (Fsp3) is 0.714. The normalized spacial score (nSPS) is 11.7. The van der Waals surface area contributed by atoms with Gasteiger partial charge in [0.2, 0.25) is 0 Å². The van der Waals surface area contributed by atoms with E-state index in [2.05, 4.69) is 26.0 Å². The SMILES string of the molecule is CC(C)(O)CCn1nc([N+](=O)[O-])nc1Br. The topological polar surface area (TPSA) is 94.1 Å². The molecule has 1 aromatic heterocycles. The molecule has 0 amide bonds. The van der Waals surface area contributed by atoms with Crippen LogP contribution in [-0.4, -0.2) is 30.4 Å². The van der Waals surface area contributed by atoms with Crippen molar-refractivity contribution in [1.29, 1.82) is 0 Å². The molecular weight excluding hydrogens is 268 g/mol. The Morgan fingerprint density at radius 2 is 2.27 bits per heavy atom. The van der Waals surface area contributed by atoms with E-state index in [1.54, 1.807) is 13.8 Å². The smallest absolute Gasteiger partial charge is 0.390 e. The molecule has 0 saturated carbocycles. The molecule has 0 unspecified atom stereocenters. The van der Waals surface area contributed by atoms with Gasteiger partial charge in [-0.05, 0) is 30.2 Å². The number of aliphatic hydroxyl groups is 1. The molecule has 1 aromatic rings. The van der Waals surface area contributed by atoms with Crippen molar-refractivity contribution in [2.75, 3.05) is 0 Å². The van der Waals surface area contributed by atoms with E-state index in [0.29, 0.717) is 17.7 Å². The fourth-order valence-corrected chi connectivity index (χ4v) is 1.33. The van der Waals surface area contributed by atoms with E-state index in [-0.39, 0.29) is 0 Å². The summed E-state index contributed by atoms with van der Waals surface area (Å²) in [5.74, 6) is -0.447. The monoisotopic (exact) mass is 278 g/mol. The third-order valence-corrected chi connectivity index (χ3v) is 2.30. The molecule has 0 fully saturated rings. The highest BCUT2D eigenvalue weighted by Gasteiger charge is 2.21. The molecule has 0 spiro atoms. The van der Waals surface area contributed by atoms with E-state index >= 15 is 0 Å². The van der Waals surface area contributed by atoms with E-state index < -0.39 is 16.5 Å². The zero-order valence-electron chi connectivity index (χ0n) is 8.34. The van der Waals surface area contributed by atoms with Crippen LogP contribution in [0.5, 0.6) is 0 Å². The first-order valence-corrected chi connectivity index (χ1v) is 5.06. The third kappa shape index (κ3) is 3.56. The fourth-order valence-electron chi connectivity index (χ4n) is 0.911. The van der Waals surface area contributed by atoms with E-state index in [0.717, 1.165) is 0 Å². The first-order valence-electron chi connectivity index (χ1n) is 4.27. The molecule has 8 heteroatoms. The summed E-state index contributed by atoms with van der Waals surface area (Å²) in [5, 5.41) is 23.5. The number of hydrogen-bond donors (Lipinski definition) is 1. The van der Waals surface area contributed by atoms with Gasteiger partial charge in [-0.1, -0.05) is 0 Å². The second-order valence-electron chi connectivity index (χ2n) is 3.72. The van der Waals surface area contributed by atoms with Gasteiger partial charge >= 0.3 is 5.95 Å². The molecule has 0 saturated heterocycles. The summed E-state index contributed by atoms with van der Waals surface area (Å²) in [7, 11) is 0. The molecule has 1 heterocycles. The second kappa shape index (κ2) is 4.23. The maximum Gasteiger partial charge on any atom is 0.492 e. The second-order valence-corrected chi connectivity index (χ2v) is 4.43. The molecule has 0 bridgehead atoms. The van der Waals surface area contributed by atoms with Gasteiger partial charge in [-0.3, -0.25) is 0 Å². The molecule has 84 valence electrons. The number of hydrogen-bond acceptors (Lipinski definition) is 5. The van der Waals surface area contributed by atoms with Crippen molar-refractivity contribution in [3.05, 3.63) is 14.8 Å². The average molecular weight is 279 g/mol. The first-order chi connectivity index (χ1) is 6.79. The lowest BCUT2D eigenvalue weighted by molar-refractivity contribution is -0.394. The van der Waals surface area contributed by atoms with Crippen LogP contribution in [0.3, 0.4) is 0 Å². The summed E-state index contributed by atoms with van der Waals surface area (Å²) < 4.78 is 1.63. The van der Waals surface area contributed by atoms with Crippen molar-refractivity contribution >= 4 is 21.9 Å². The van der Waals surface area contributed by atoms with Gasteiger partial charge in [0.25, 0.3) is 4.73 Å². The number of nitro groups is 1. The zero-order chi connectivity index (χ0) is 11.6. The highest BCUT2D eigenvalue weighted by Crippen LogP contribution is 2.15. The maximum atomic E-state index is 10.4. The molecule has 0 atom stereocenters. The third-order valence-electron chi connectivity index (χ3n) is 1.71. The average Bonchev–Trinajstić information content (AvgIpc) is 2.42. The zero-order valence-corrected chi connectivity index (χ0v) is 9.93. The predicted molar refractivity (Wildman–Crippen MR) is 55.3 cm³/mol. The van der Waals surface area contributed by atoms with Crippen molar-refractivity contribution < 1.29 is 10.0 Å². The Balaban J connectivity index is 2.74. The Morgan fingerprint density at radius 1 is 1.67 bits per heavy atom. The lowest BCUT2D eigenvalue weighted by Gasteiger charge is -2.15. The molecule has 0 aliphatic carbocycles. The van der Waals surface area contributed by atoms with Crippen molar-refractivity contribution in [3.8, 4) is 0 Å². The number of aromatic nitrogens is 3. The van der Waals surface area contributed by atoms with Crippen molar-refractivity contribution in [2.45, 2.75) is 32.4 Å². The number of halogens is 1. The van der Waals surface area contributed by atoms with Crippen molar-refractivity contribution in [1.82, 2.24) is 14.8 Å². The number of rotatable bonds is 4. The largest absolute Gasteiger partial charge is 0.492 e. The van der Waals surface area contributed by atoms with Gasteiger partial charge < -0.3 is 15.2 Å². The van der Waals surface area contributed by atoms with Crippen LogP contribution in [0.2, 0.25) is 0 Å². The van der Waals surface area contributed by atoms with Gasteiger partial charge in [0.1, 0.15) is 0 Å². The maximum absolute atomic E-state index is 10.4. The van der Waals surface area contributed by atoms with Gasteiger partial charge in [0, 0.05) is 21.0 Å². The van der Waals surface area contributed by atoms with Gasteiger partial charge in [-0.25, -0.2) is 0 Å². The minimum absolute atomic E-state index is 0.290. The minimum atomic E-state index is -0.833. The van der Waals surface area contributed by atoms with Crippen LogP contribution in [0.15, 0.2) is 4.73 Å². The highest BCUT2D eigenvalue weighted by molar-refractivity contribution is 9.10. The Morgan fingerprint density at radius 3 is 2.67 bits per heavy atom. The highest BCUT2D eigenvalue weighted by atomic mass is 79.9. The van der Waals surface area contributed by atoms with Crippen LogP contribution in [-0.2, 0) is 6.54 Å². The van der Waals surface area contributed by atoms with Crippen LogP contribution in [0.25, 0.3) is 0 Å².